The van der Waals surface area contributed by atoms with E-state index in [2.05, 4.69) is 6.92 Å². The smallest absolute Gasteiger partial charge is 0.227 e. The Balaban J connectivity index is 1.71. The minimum absolute atomic E-state index is 0.0506. The number of carbonyl (C=O) groups is 1. The molecule has 2 aliphatic rings. The highest BCUT2D eigenvalue weighted by molar-refractivity contribution is 5.79. The average molecular weight is 305 g/mol. The Morgan fingerprint density at radius 2 is 2.18 bits per heavy atom. The van der Waals surface area contributed by atoms with Crippen LogP contribution in [-0.4, -0.2) is 36.6 Å². The lowest BCUT2D eigenvalue weighted by Crippen LogP contribution is -2.47. The highest BCUT2D eigenvalue weighted by atomic mass is 19.1. The van der Waals surface area contributed by atoms with Crippen molar-refractivity contribution < 1.29 is 13.9 Å². The number of likely N-dealkylation sites (tertiary alicyclic amines) is 1. The second-order valence-electron chi connectivity index (χ2n) is 6.91. The zero-order valence-corrected chi connectivity index (χ0v) is 13.3. The summed E-state index contributed by atoms with van der Waals surface area (Å²) in [4.78, 5) is 14.6. The van der Waals surface area contributed by atoms with E-state index in [0.29, 0.717) is 11.7 Å². The number of rotatable bonds is 3. The van der Waals surface area contributed by atoms with Gasteiger partial charge in [-0.3, -0.25) is 4.79 Å². The highest BCUT2D eigenvalue weighted by Crippen LogP contribution is 2.47. The second kappa shape index (κ2) is 5.99. The Bertz CT molecular complexity index is 562. The standard InChI is InChI=1S/C18H24FNO2/c1-18-9-10-20(16(18)8-7-14(12-18)22-2)17(21)11-13-5-3-4-6-15(13)19/h3-6,14,16H,7-12H2,1-2H3/t14-,16-,18+/m1/s1. The number of methoxy groups -OCH3 is 1. The predicted molar refractivity (Wildman–Crippen MR) is 83.0 cm³/mol. The monoisotopic (exact) mass is 305 g/mol. The van der Waals surface area contributed by atoms with Crippen molar-refractivity contribution in [3.63, 3.8) is 0 Å². The molecule has 0 bridgehead atoms. The average Bonchev–Trinajstić information content (AvgIpc) is 2.85. The number of fused-ring (bicyclic) bond motifs is 1. The summed E-state index contributed by atoms with van der Waals surface area (Å²) in [6.45, 7) is 3.05. The van der Waals surface area contributed by atoms with Crippen LogP contribution in [0.1, 0.15) is 38.2 Å². The van der Waals surface area contributed by atoms with Crippen LogP contribution in [0.5, 0.6) is 0 Å². The molecule has 1 aliphatic carbocycles. The molecule has 1 aromatic carbocycles. The number of benzene rings is 1. The van der Waals surface area contributed by atoms with Crippen LogP contribution in [0.4, 0.5) is 4.39 Å². The maximum atomic E-state index is 13.8. The highest BCUT2D eigenvalue weighted by Gasteiger charge is 2.49. The molecule has 1 heterocycles. The van der Waals surface area contributed by atoms with Gasteiger partial charge in [0.15, 0.2) is 0 Å². The zero-order valence-electron chi connectivity index (χ0n) is 13.3. The molecule has 4 heteroatoms. The molecule has 0 spiro atoms. The van der Waals surface area contributed by atoms with Crippen molar-refractivity contribution in [2.45, 2.75) is 51.2 Å². The van der Waals surface area contributed by atoms with Crippen LogP contribution < -0.4 is 0 Å². The van der Waals surface area contributed by atoms with Crippen molar-refractivity contribution >= 4 is 5.91 Å². The van der Waals surface area contributed by atoms with E-state index in [1.165, 1.54) is 6.07 Å². The first-order valence-corrected chi connectivity index (χ1v) is 8.09. The van der Waals surface area contributed by atoms with Gasteiger partial charge >= 0.3 is 0 Å². The summed E-state index contributed by atoms with van der Waals surface area (Å²) in [5.74, 6) is -0.240. The molecule has 2 fully saturated rings. The molecular formula is C18H24FNO2. The van der Waals surface area contributed by atoms with E-state index in [9.17, 15) is 9.18 Å². The van der Waals surface area contributed by atoms with Gasteiger partial charge in [0.2, 0.25) is 5.91 Å². The van der Waals surface area contributed by atoms with Gasteiger partial charge in [0.05, 0.1) is 12.5 Å². The molecule has 120 valence electrons. The summed E-state index contributed by atoms with van der Waals surface area (Å²) in [6, 6.07) is 6.83. The molecule has 1 saturated heterocycles. The van der Waals surface area contributed by atoms with Gasteiger partial charge < -0.3 is 9.64 Å². The fraction of sp³-hybridized carbons (Fsp3) is 0.611. The van der Waals surface area contributed by atoms with Crippen molar-refractivity contribution in [3.8, 4) is 0 Å². The molecule has 22 heavy (non-hydrogen) atoms. The van der Waals surface area contributed by atoms with Crippen molar-refractivity contribution in [2.24, 2.45) is 5.41 Å². The number of ether oxygens (including phenoxy) is 1. The summed E-state index contributed by atoms with van der Waals surface area (Å²) < 4.78 is 19.3. The number of carbonyl (C=O) groups excluding carboxylic acids is 1. The normalized spacial score (nSPS) is 31.1. The van der Waals surface area contributed by atoms with Crippen LogP contribution in [0.3, 0.4) is 0 Å². The van der Waals surface area contributed by atoms with Gasteiger partial charge in [-0.15, -0.1) is 0 Å². The number of hydrogen-bond acceptors (Lipinski definition) is 2. The Hall–Kier alpha value is -1.42. The Labute approximate surface area is 131 Å². The van der Waals surface area contributed by atoms with Crippen LogP contribution in [0.2, 0.25) is 0 Å². The van der Waals surface area contributed by atoms with Crippen LogP contribution >= 0.6 is 0 Å². The van der Waals surface area contributed by atoms with Crippen LogP contribution in [0.15, 0.2) is 24.3 Å². The summed E-state index contributed by atoms with van der Waals surface area (Å²) in [5, 5.41) is 0. The third kappa shape index (κ3) is 2.76. The maximum absolute atomic E-state index is 13.8. The number of halogens is 1. The molecule has 3 rings (SSSR count). The Kier molecular flexibility index (Phi) is 4.22. The molecule has 0 aromatic heterocycles. The second-order valence-corrected chi connectivity index (χ2v) is 6.91. The van der Waals surface area contributed by atoms with E-state index in [-0.39, 0.29) is 29.6 Å². The number of nitrogens with zero attached hydrogens (tertiary/aromatic N) is 1. The summed E-state index contributed by atoms with van der Waals surface area (Å²) >= 11 is 0. The first kappa shape index (κ1) is 15.5. The molecule has 0 N–H and O–H groups in total. The van der Waals surface area contributed by atoms with Gasteiger partial charge in [-0.05, 0) is 42.7 Å². The lowest BCUT2D eigenvalue weighted by molar-refractivity contribution is -0.133. The fourth-order valence-corrected chi connectivity index (χ4v) is 4.19. The molecule has 0 unspecified atom stereocenters. The zero-order chi connectivity index (χ0) is 15.7. The van der Waals surface area contributed by atoms with E-state index in [4.69, 9.17) is 4.74 Å². The first-order valence-electron chi connectivity index (χ1n) is 8.09. The summed E-state index contributed by atoms with van der Waals surface area (Å²) in [7, 11) is 1.77. The van der Waals surface area contributed by atoms with Gasteiger partial charge in [-0.2, -0.15) is 0 Å². The summed E-state index contributed by atoms with van der Waals surface area (Å²) in [6.07, 6.45) is 4.48. The molecular weight excluding hydrogens is 281 g/mol. The molecule has 1 saturated carbocycles. The first-order chi connectivity index (χ1) is 10.5. The minimum Gasteiger partial charge on any atom is -0.381 e. The maximum Gasteiger partial charge on any atom is 0.227 e. The van der Waals surface area contributed by atoms with Gasteiger partial charge in [0, 0.05) is 19.7 Å². The number of amides is 1. The number of hydrogen-bond donors (Lipinski definition) is 0. The van der Waals surface area contributed by atoms with E-state index >= 15 is 0 Å². The van der Waals surface area contributed by atoms with Gasteiger partial charge in [-0.25, -0.2) is 4.39 Å². The topological polar surface area (TPSA) is 29.5 Å². The van der Waals surface area contributed by atoms with E-state index in [1.54, 1.807) is 25.3 Å². The van der Waals surface area contributed by atoms with E-state index < -0.39 is 0 Å². The van der Waals surface area contributed by atoms with Gasteiger partial charge in [0.25, 0.3) is 0 Å². The third-order valence-electron chi connectivity index (χ3n) is 5.51. The molecule has 1 aromatic rings. The fourth-order valence-electron chi connectivity index (χ4n) is 4.19. The van der Waals surface area contributed by atoms with Crippen molar-refractivity contribution in [1.29, 1.82) is 0 Å². The van der Waals surface area contributed by atoms with E-state index in [1.807, 2.05) is 4.90 Å². The molecule has 3 nitrogen and oxygen atoms in total. The summed E-state index contributed by atoms with van der Waals surface area (Å²) in [5.41, 5.74) is 0.635. The van der Waals surface area contributed by atoms with Crippen LogP contribution in [0, 0.1) is 11.2 Å². The minimum atomic E-state index is -0.291. The SMILES string of the molecule is CO[C@@H]1CC[C@H]2N(C(=O)Cc3ccccc3F)CC[C@@]2(C)C1. The van der Waals surface area contributed by atoms with E-state index in [0.717, 1.165) is 32.2 Å². The van der Waals surface area contributed by atoms with Crippen LogP contribution in [0.25, 0.3) is 0 Å². The molecule has 1 aliphatic heterocycles. The predicted octanol–water partition coefficient (Wildman–Crippen LogP) is 3.17. The van der Waals surface area contributed by atoms with Crippen molar-refractivity contribution in [2.75, 3.05) is 13.7 Å². The lowest BCUT2D eigenvalue weighted by Gasteiger charge is -2.42. The van der Waals surface area contributed by atoms with Crippen molar-refractivity contribution in [3.05, 3.63) is 35.6 Å². The van der Waals surface area contributed by atoms with Gasteiger partial charge in [0.1, 0.15) is 5.82 Å². The van der Waals surface area contributed by atoms with Crippen LogP contribution in [-0.2, 0) is 16.0 Å². The van der Waals surface area contributed by atoms with Gasteiger partial charge in [-0.1, -0.05) is 25.1 Å². The Morgan fingerprint density at radius 3 is 2.91 bits per heavy atom. The quantitative estimate of drug-likeness (QED) is 0.858. The van der Waals surface area contributed by atoms with Crippen molar-refractivity contribution in [1.82, 2.24) is 4.90 Å². The molecule has 3 atom stereocenters. The third-order valence-corrected chi connectivity index (χ3v) is 5.51. The Morgan fingerprint density at radius 1 is 1.41 bits per heavy atom. The largest absolute Gasteiger partial charge is 0.381 e. The molecule has 1 amide bonds. The lowest BCUT2D eigenvalue weighted by atomic mass is 9.71. The molecule has 0 radical (unpaired) electrons.